The van der Waals surface area contributed by atoms with Crippen molar-refractivity contribution in [1.82, 2.24) is 19.6 Å². The van der Waals surface area contributed by atoms with Gasteiger partial charge in [0, 0.05) is 38.8 Å². The summed E-state index contributed by atoms with van der Waals surface area (Å²) in [6.07, 6.45) is -0.244. The Bertz CT molecular complexity index is 570. The van der Waals surface area contributed by atoms with Gasteiger partial charge in [-0.15, -0.1) is 0 Å². The van der Waals surface area contributed by atoms with Gasteiger partial charge in [0.1, 0.15) is 5.60 Å². The van der Waals surface area contributed by atoms with E-state index in [2.05, 4.69) is 22.9 Å². The molecule has 0 atom stereocenters. The van der Waals surface area contributed by atoms with Crippen LogP contribution in [0.3, 0.4) is 0 Å². The highest BCUT2D eigenvalue weighted by atomic mass is 16.6. The maximum absolute atomic E-state index is 12.2. The summed E-state index contributed by atoms with van der Waals surface area (Å²) in [5.41, 5.74) is 0.621. The van der Waals surface area contributed by atoms with Crippen molar-refractivity contribution in [3.8, 4) is 0 Å². The number of aromatic nitrogens is 2. The zero-order valence-corrected chi connectivity index (χ0v) is 14.6. The lowest BCUT2D eigenvalue weighted by Gasteiger charge is -2.32. The predicted octanol–water partition coefficient (Wildman–Crippen LogP) is 1.39. The number of anilines is 1. The van der Waals surface area contributed by atoms with Crippen molar-refractivity contribution in [3.63, 3.8) is 0 Å². The van der Waals surface area contributed by atoms with E-state index < -0.39 is 5.60 Å². The minimum absolute atomic E-state index is 0.244. The molecular weight excluding hydrogens is 294 g/mol. The van der Waals surface area contributed by atoms with Gasteiger partial charge in [0.25, 0.3) is 0 Å². The predicted molar refractivity (Wildman–Crippen MR) is 88.6 cm³/mol. The molecule has 7 heteroatoms. The molecule has 1 aromatic rings. The molecule has 2 aliphatic heterocycles. The first-order chi connectivity index (χ1) is 10.8. The monoisotopic (exact) mass is 321 g/mol. The molecule has 0 unspecified atom stereocenters. The number of piperazine rings is 1. The van der Waals surface area contributed by atoms with Crippen LogP contribution < -0.4 is 4.90 Å². The molecule has 7 nitrogen and oxygen atoms in total. The summed E-state index contributed by atoms with van der Waals surface area (Å²) in [5, 5.41) is 4.71. The molecule has 128 valence electrons. The first kappa shape index (κ1) is 16.1. The highest BCUT2D eigenvalue weighted by Gasteiger charge is 2.27. The fourth-order valence-electron chi connectivity index (χ4n) is 2.92. The minimum atomic E-state index is -0.459. The van der Waals surface area contributed by atoms with Crippen molar-refractivity contribution in [2.24, 2.45) is 0 Å². The van der Waals surface area contributed by atoms with E-state index in [1.807, 2.05) is 25.5 Å². The molecule has 1 fully saturated rings. The van der Waals surface area contributed by atoms with Crippen LogP contribution in [0.5, 0.6) is 0 Å². The van der Waals surface area contributed by atoms with E-state index in [0.717, 1.165) is 44.2 Å². The second-order valence-corrected chi connectivity index (χ2v) is 7.41. The van der Waals surface area contributed by atoms with E-state index in [9.17, 15) is 4.79 Å². The zero-order valence-electron chi connectivity index (χ0n) is 14.6. The lowest BCUT2D eigenvalue weighted by Crippen LogP contribution is -2.44. The Hall–Kier alpha value is -1.76. The lowest BCUT2D eigenvalue weighted by atomic mass is 10.2. The van der Waals surface area contributed by atoms with Crippen LogP contribution in [0.4, 0.5) is 10.6 Å². The van der Waals surface area contributed by atoms with Crippen LogP contribution in [0.1, 0.15) is 26.5 Å². The topological polar surface area (TPSA) is 53.8 Å². The van der Waals surface area contributed by atoms with Crippen LogP contribution in [-0.2, 0) is 17.8 Å². The Kier molecular flexibility index (Phi) is 4.23. The molecule has 3 heterocycles. The van der Waals surface area contributed by atoms with E-state index in [4.69, 9.17) is 9.84 Å². The molecule has 23 heavy (non-hydrogen) atoms. The Morgan fingerprint density at radius 2 is 1.83 bits per heavy atom. The Morgan fingerprint density at radius 1 is 1.13 bits per heavy atom. The number of nitrogens with zero attached hydrogens (tertiary/aromatic N) is 5. The molecule has 2 aliphatic rings. The normalized spacial score (nSPS) is 19.7. The van der Waals surface area contributed by atoms with E-state index >= 15 is 0 Å². The largest absolute Gasteiger partial charge is 0.444 e. The van der Waals surface area contributed by atoms with Gasteiger partial charge < -0.3 is 19.4 Å². The van der Waals surface area contributed by atoms with Gasteiger partial charge in [0.05, 0.1) is 18.8 Å². The molecule has 0 N–H and O–H groups in total. The highest BCUT2D eigenvalue weighted by Crippen LogP contribution is 2.22. The summed E-state index contributed by atoms with van der Waals surface area (Å²) >= 11 is 0. The molecular formula is C16H27N5O2. The fraction of sp³-hybridized carbons (Fsp3) is 0.750. The zero-order chi connectivity index (χ0) is 16.6. The molecule has 0 radical (unpaired) electrons. The van der Waals surface area contributed by atoms with E-state index in [1.165, 1.54) is 0 Å². The molecule has 0 aliphatic carbocycles. The van der Waals surface area contributed by atoms with Gasteiger partial charge in [-0.1, -0.05) is 0 Å². The van der Waals surface area contributed by atoms with Crippen LogP contribution in [0.15, 0.2) is 6.07 Å². The summed E-state index contributed by atoms with van der Waals surface area (Å²) in [6, 6.07) is 2.11. The van der Waals surface area contributed by atoms with Gasteiger partial charge in [-0.2, -0.15) is 5.10 Å². The van der Waals surface area contributed by atoms with Crippen LogP contribution in [0.25, 0.3) is 0 Å². The van der Waals surface area contributed by atoms with Gasteiger partial charge in [-0.3, -0.25) is 4.68 Å². The van der Waals surface area contributed by atoms with Crippen LogP contribution in [0.2, 0.25) is 0 Å². The van der Waals surface area contributed by atoms with Crippen LogP contribution >= 0.6 is 0 Å². The summed E-state index contributed by atoms with van der Waals surface area (Å²) in [7, 11) is 2.15. The first-order valence-electron chi connectivity index (χ1n) is 8.30. The van der Waals surface area contributed by atoms with Crippen molar-refractivity contribution >= 4 is 11.9 Å². The molecule has 0 saturated carbocycles. The summed E-state index contributed by atoms with van der Waals surface area (Å²) in [4.78, 5) is 18.6. The van der Waals surface area contributed by atoms with Crippen molar-refractivity contribution in [3.05, 3.63) is 11.8 Å². The average Bonchev–Trinajstić information content (AvgIpc) is 2.89. The van der Waals surface area contributed by atoms with Crippen molar-refractivity contribution < 1.29 is 9.53 Å². The number of rotatable bonds is 1. The molecule has 0 spiro atoms. The summed E-state index contributed by atoms with van der Waals surface area (Å²) < 4.78 is 7.49. The molecule has 1 aromatic heterocycles. The second-order valence-electron chi connectivity index (χ2n) is 7.41. The van der Waals surface area contributed by atoms with E-state index in [-0.39, 0.29) is 6.09 Å². The Morgan fingerprint density at radius 3 is 2.48 bits per heavy atom. The van der Waals surface area contributed by atoms with E-state index in [1.54, 1.807) is 4.90 Å². The minimum Gasteiger partial charge on any atom is -0.444 e. The summed E-state index contributed by atoms with van der Waals surface area (Å²) in [6.45, 7) is 11.7. The quantitative estimate of drug-likeness (QED) is 0.782. The number of carbonyl (C=O) groups excluding carboxylic acids is 1. The van der Waals surface area contributed by atoms with Gasteiger partial charge in [-0.25, -0.2) is 4.79 Å². The number of likely N-dealkylation sites (N-methyl/N-ethyl adjacent to an activating group) is 1. The van der Waals surface area contributed by atoms with Gasteiger partial charge in [0.2, 0.25) is 0 Å². The van der Waals surface area contributed by atoms with Crippen molar-refractivity contribution in [1.29, 1.82) is 0 Å². The SMILES string of the molecule is CN1CCN(c2cc3n(n2)CCN(C(=O)OC(C)(C)C)C3)CC1. The molecule has 0 aromatic carbocycles. The third-order valence-corrected chi connectivity index (χ3v) is 4.26. The number of hydrogen-bond acceptors (Lipinski definition) is 5. The molecule has 1 saturated heterocycles. The maximum atomic E-state index is 12.2. The highest BCUT2D eigenvalue weighted by molar-refractivity contribution is 5.68. The molecule has 3 rings (SSSR count). The number of fused-ring (bicyclic) bond motifs is 1. The summed E-state index contributed by atoms with van der Waals surface area (Å²) in [5.74, 6) is 1.03. The third-order valence-electron chi connectivity index (χ3n) is 4.26. The number of amides is 1. The maximum Gasteiger partial charge on any atom is 0.410 e. The van der Waals surface area contributed by atoms with Crippen LogP contribution in [-0.4, -0.2) is 71.0 Å². The third kappa shape index (κ3) is 3.77. The number of carbonyl (C=O) groups is 1. The second kappa shape index (κ2) is 6.03. The van der Waals surface area contributed by atoms with Gasteiger partial charge in [-0.05, 0) is 27.8 Å². The molecule has 1 amide bonds. The fourth-order valence-corrected chi connectivity index (χ4v) is 2.92. The lowest BCUT2D eigenvalue weighted by molar-refractivity contribution is 0.0194. The Balaban J connectivity index is 1.66. The number of hydrogen-bond donors (Lipinski definition) is 0. The van der Waals surface area contributed by atoms with Gasteiger partial charge >= 0.3 is 6.09 Å². The molecule has 0 bridgehead atoms. The van der Waals surface area contributed by atoms with Crippen LogP contribution in [0, 0.1) is 0 Å². The smallest absolute Gasteiger partial charge is 0.410 e. The Labute approximate surface area is 137 Å². The first-order valence-corrected chi connectivity index (χ1v) is 8.30. The standard InChI is InChI=1S/C16H27N5O2/c1-16(2,3)23-15(22)20-9-10-21-13(12-20)11-14(17-21)19-7-5-18(4)6-8-19/h11H,5-10,12H2,1-4H3. The van der Waals surface area contributed by atoms with E-state index in [0.29, 0.717) is 13.1 Å². The van der Waals surface area contributed by atoms with Crippen molar-refractivity contribution in [2.45, 2.75) is 39.5 Å². The van der Waals surface area contributed by atoms with Crippen molar-refractivity contribution in [2.75, 3.05) is 44.7 Å². The number of ether oxygens (including phenoxy) is 1. The van der Waals surface area contributed by atoms with Gasteiger partial charge in [0.15, 0.2) is 5.82 Å². The average molecular weight is 321 g/mol.